The molecule has 148 valence electrons. The Bertz CT molecular complexity index is 1030. The van der Waals surface area contributed by atoms with E-state index in [1.54, 1.807) is 43.2 Å². The maximum atomic E-state index is 14.8. The predicted octanol–water partition coefficient (Wildman–Crippen LogP) is 3.53. The Kier molecular flexibility index (Phi) is 4.39. The highest BCUT2D eigenvalue weighted by Crippen LogP contribution is 2.39. The number of imidazole rings is 1. The minimum Gasteiger partial charge on any atom is -0.507 e. The molecule has 0 radical (unpaired) electrons. The molecule has 6 nitrogen and oxygen atoms in total. The van der Waals surface area contributed by atoms with E-state index in [9.17, 15) is 9.50 Å². The number of nitrogens with zero attached hydrogens (tertiary/aromatic N) is 4. The predicted molar refractivity (Wildman–Crippen MR) is 108 cm³/mol. The molecule has 0 aliphatic carbocycles. The van der Waals surface area contributed by atoms with Crippen LogP contribution in [0.4, 0.5) is 4.39 Å². The number of fused-ring (bicyclic) bond motifs is 2. The van der Waals surface area contributed by atoms with E-state index in [4.69, 9.17) is 0 Å². The number of piperidine rings is 1. The second kappa shape index (κ2) is 7.08. The van der Waals surface area contributed by atoms with Crippen molar-refractivity contribution in [3.8, 4) is 22.7 Å². The summed E-state index contributed by atoms with van der Waals surface area (Å²) in [6, 6.07) is 5.62. The molecule has 2 N–H and O–H groups in total. The Hall–Kier alpha value is -3.06. The van der Waals surface area contributed by atoms with E-state index < -0.39 is 6.17 Å². The van der Waals surface area contributed by atoms with Crippen LogP contribution in [0.3, 0.4) is 0 Å². The molecule has 3 aromatic rings. The van der Waals surface area contributed by atoms with Crippen LogP contribution in [0.5, 0.6) is 5.75 Å². The summed E-state index contributed by atoms with van der Waals surface area (Å²) < 4.78 is 16.6. The van der Waals surface area contributed by atoms with Crippen LogP contribution in [-0.2, 0) is 0 Å². The Balaban J connectivity index is 1.37. The van der Waals surface area contributed by atoms with Crippen molar-refractivity contribution in [2.24, 2.45) is 5.92 Å². The maximum absolute atomic E-state index is 14.8. The summed E-state index contributed by atoms with van der Waals surface area (Å²) in [5.41, 5.74) is 3.25. The number of alkyl halides is 1. The van der Waals surface area contributed by atoms with E-state index in [2.05, 4.69) is 26.8 Å². The van der Waals surface area contributed by atoms with Crippen LogP contribution in [0, 0.1) is 5.92 Å². The lowest BCUT2D eigenvalue weighted by molar-refractivity contribution is 0.167. The molecule has 4 heterocycles. The van der Waals surface area contributed by atoms with Gasteiger partial charge in [0.25, 0.3) is 0 Å². The van der Waals surface area contributed by atoms with Gasteiger partial charge in [-0.05, 0) is 37.0 Å². The smallest absolute Gasteiger partial charge is 0.127 e. The summed E-state index contributed by atoms with van der Waals surface area (Å²) in [4.78, 5) is 12.9. The van der Waals surface area contributed by atoms with Gasteiger partial charge in [0.15, 0.2) is 0 Å². The summed E-state index contributed by atoms with van der Waals surface area (Å²) in [5, 5.41) is 13.8. The number of hydrogen-bond acceptors (Lipinski definition) is 5. The fraction of sp³-hybridized carbons (Fsp3) is 0.318. The molecule has 2 aromatic heterocycles. The summed E-state index contributed by atoms with van der Waals surface area (Å²) in [7, 11) is 0. The topological polar surface area (TPSA) is 75.9 Å². The van der Waals surface area contributed by atoms with Crippen molar-refractivity contribution in [2.75, 3.05) is 0 Å². The van der Waals surface area contributed by atoms with Gasteiger partial charge in [-0.15, -0.1) is 0 Å². The SMILES string of the molecule is C=C(c1cnc(-c2ccc(-n3ccnc3)cc2O)cn1)[C@H]1C[C@@H]2CC[C@@H](N2)[C@H]1F. The summed E-state index contributed by atoms with van der Waals surface area (Å²) in [6.07, 6.45) is 10.1. The van der Waals surface area contributed by atoms with Crippen LogP contribution in [0.1, 0.15) is 25.0 Å². The number of nitrogens with one attached hydrogen (secondary N) is 1. The Labute approximate surface area is 168 Å². The third-order valence-corrected chi connectivity index (χ3v) is 6.07. The first-order chi connectivity index (χ1) is 14.1. The van der Waals surface area contributed by atoms with Gasteiger partial charge in [-0.1, -0.05) is 6.58 Å². The molecule has 2 aliphatic heterocycles. The Morgan fingerprint density at radius 3 is 2.86 bits per heavy atom. The third-order valence-electron chi connectivity index (χ3n) is 6.07. The average Bonchev–Trinajstić information content (AvgIpc) is 3.41. The molecule has 7 heteroatoms. The van der Waals surface area contributed by atoms with Crippen molar-refractivity contribution in [1.29, 1.82) is 0 Å². The van der Waals surface area contributed by atoms with Crippen LogP contribution in [0.15, 0.2) is 55.9 Å². The van der Waals surface area contributed by atoms with Crippen LogP contribution in [-0.4, -0.2) is 42.9 Å². The van der Waals surface area contributed by atoms with E-state index in [0.717, 1.165) is 24.9 Å². The largest absolute Gasteiger partial charge is 0.507 e. The van der Waals surface area contributed by atoms with E-state index >= 15 is 0 Å². The Morgan fingerprint density at radius 1 is 1.24 bits per heavy atom. The number of aromatic hydroxyl groups is 1. The van der Waals surface area contributed by atoms with Crippen molar-refractivity contribution in [2.45, 2.75) is 37.5 Å². The first-order valence-electron chi connectivity index (χ1n) is 9.83. The van der Waals surface area contributed by atoms with E-state index in [1.165, 1.54) is 0 Å². The lowest BCUT2D eigenvalue weighted by Crippen LogP contribution is -2.47. The summed E-state index contributed by atoms with van der Waals surface area (Å²) in [5.74, 6) is -0.118. The van der Waals surface area contributed by atoms with Gasteiger partial charge in [-0.2, -0.15) is 0 Å². The van der Waals surface area contributed by atoms with Crippen LogP contribution in [0.25, 0.3) is 22.5 Å². The molecule has 2 saturated heterocycles. The zero-order chi connectivity index (χ0) is 20.0. The van der Waals surface area contributed by atoms with Crippen LogP contribution in [0.2, 0.25) is 0 Å². The number of benzene rings is 1. The van der Waals surface area contributed by atoms with Crippen molar-refractivity contribution in [3.63, 3.8) is 0 Å². The molecule has 0 spiro atoms. The molecular formula is C22H22FN5O. The second-order valence-corrected chi connectivity index (χ2v) is 7.82. The molecule has 0 amide bonds. The van der Waals surface area contributed by atoms with Crippen LogP contribution >= 0.6 is 0 Å². The number of rotatable bonds is 4. The van der Waals surface area contributed by atoms with Gasteiger partial charge in [-0.3, -0.25) is 9.97 Å². The standard InChI is InChI=1S/C22H22FN5O/c1-13(17-8-14-2-5-18(27-14)22(17)23)19-10-26-20(11-25-19)16-4-3-15(9-21(16)29)28-7-6-24-12-28/h3-4,6-7,9-12,14,17-18,22,27,29H,1-2,5,8H2/t14-,17+,18+,22-/m0/s1. The number of allylic oxidation sites excluding steroid dienone is 1. The number of hydrogen-bond donors (Lipinski definition) is 2. The lowest BCUT2D eigenvalue weighted by Gasteiger charge is -2.33. The van der Waals surface area contributed by atoms with E-state index in [0.29, 0.717) is 28.6 Å². The van der Waals surface area contributed by atoms with E-state index in [1.807, 2.05) is 10.6 Å². The van der Waals surface area contributed by atoms with Crippen molar-refractivity contribution in [1.82, 2.24) is 24.8 Å². The first-order valence-corrected chi connectivity index (χ1v) is 9.83. The van der Waals surface area contributed by atoms with Gasteiger partial charge < -0.3 is 15.0 Å². The monoisotopic (exact) mass is 391 g/mol. The number of phenols is 1. The quantitative estimate of drug-likeness (QED) is 0.712. The highest BCUT2D eigenvalue weighted by atomic mass is 19.1. The molecule has 4 atom stereocenters. The van der Waals surface area contributed by atoms with Gasteiger partial charge in [0, 0.05) is 42.0 Å². The minimum atomic E-state index is -0.942. The van der Waals surface area contributed by atoms with Crippen molar-refractivity contribution < 1.29 is 9.50 Å². The summed E-state index contributed by atoms with van der Waals surface area (Å²) >= 11 is 0. The van der Waals surface area contributed by atoms with Gasteiger partial charge in [0.05, 0.1) is 35.8 Å². The van der Waals surface area contributed by atoms with Gasteiger partial charge in [0.1, 0.15) is 11.9 Å². The van der Waals surface area contributed by atoms with Crippen LogP contribution < -0.4 is 5.32 Å². The zero-order valence-electron chi connectivity index (χ0n) is 15.9. The number of phenolic OH excluding ortho intramolecular Hbond substituents is 1. The molecule has 0 saturated carbocycles. The second-order valence-electron chi connectivity index (χ2n) is 7.82. The molecular weight excluding hydrogens is 369 g/mol. The summed E-state index contributed by atoms with van der Waals surface area (Å²) in [6.45, 7) is 4.13. The third kappa shape index (κ3) is 3.21. The average molecular weight is 391 g/mol. The molecule has 0 unspecified atom stereocenters. The number of halogens is 1. The van der Waals surface area contributed by atoms with Crippen molar-refractivity contribution in [3.05, 3.63) is 61.6 Å². The molecule has 2 bridgehead atoms. The van der Waals surface area contributed by atoms with Gasteiger partial charge in [0.2, 0.25) is 0 Å². The van der Waals surface area contributed by atoms with Gasteiger partial charge in [-0.25, -0.2) is 9.37 Å². The molecule has 29 heavy (non-hydrogen) atoms. The fourth-order valence-corrected chi connectivity index (χ4v) is 4.47. The molecule has 1 aromatic carbocycles. The molecule has 5 rings (SSSR count). The minimum absolute atomic E-state index is 0.0753. The lowest BCUT2D eigenvalue weighted by atomic mass is 9.84. The number of aromatic nitrogens is 4. The molecule has 2 fully saturated rings. The maximum Gasteiger partial charge on any atom is 0.127 e. The fourth-order valence-electron chi connectivity index (χ4n) is 4.47. The highest BCUT2D eigenvalue weighted by Gasteiger charge is 2.43. The molecule has 2 aliphatic rings. The van der Waals surface area contributed by atoms with Gasteiger partial charge >= 0.3 is 0 Å². The zero-order valence-corrected chi connectivity index (χ0v) is 15.9. The Morgan fingerprint density at radius 2 is 2.14 bits per heavy atom. The first kappa shape index (κ1) is 18.0. The highest BCUT2D eigenvalue weighted by molar-refractivity contribution is 5.69. The van der Waals surface area contributed by atoms with E-state index in [-0.39, 0.29) is 17.7 Å². The van der Waals surface area contributed by atoms with Crippen molar-refractivity contribution >= 4 is 5.57 Å². The normalized spacial score (nSPS) is 25.8.